The summed E-state index contributed by atoms with van der Waals surface area (Å²) in [5, 5.41) is 10.2. The number of ketones is 1. The summed E-state index contributed by atoms with van der Waals surface area (Å²) in [6.45, 7) is 1.92. The van der Waals surface area contributed by atoms with Crippen molar-refractivity contribution in [3.05, 3.63) is 119 Å². The Morgan fingerprint density at radius 1 is 0.800 bits per heavy atom. The second-order valence-corrected chi connectivity index (χ2v) is 15.0. The lowest BCUT2D eigenvalue weighted by molar-refractivity contribution is -0.154. The molecule has 0 unspecified atom stereocenters. The minimum Gasteiger partial charge on any atom is -0.488 e. The number of carbonyl (C=O) groups excluding carboxylic acids is 1. The lowest BCUT2D eigenvalue weighted by Crippen LogP contribution is -2.38. The molecule has 1 aliphatic rings. The fraction of sp³-hybridized carbons (Fsp3) is 0.435. The van der Waals surface area contributed by atoms with Crippen LogP contribution in [0.25, 0.3) is 0 Å². The van der Waals surface area contributed by atoms with Crippen molar-refractivity contribution in [1.82, 2.24) is 4.90 Å². The average molecular weight is 842 g/mol. The first-order valence-corrected chi connectivity index (χ1v) is 20.2. The van der Waals surface area contributed by atoms with Crippen molar-refractivity contribution in [3.63, 3.8) is 0 Å². The topological polar surface area (TPSA) is 75.0 Å². The van der Waals surface area contributed by atoms with E-state index in [0.29, 0.717) is 68.3 Å². The molecule has 4 aromatic carbocycles. The molecule has 0 saturated carbocycles. The van der Waals surface area contributed by atoms with Gasteiger partial charge in [-0.25, -0.2) is 4.39 Å². The van der Waals surface area contributed by atoms with Crippen LogP contribution in [0.15, 0.2) is 84.9 Å². The van der Waals surface area contributed by atoms with Crippen LogP contribution in [0.5, 0.6) is 17.2 Å². The number of unbranched alkanes of at least 4 members (excludes halogenated alkanes) is 3. The standard InChI is InChI=1S/C46H50F7N3O4/c1-33(27-34-28-37-21-24-56(44(37)38(29-34)30-54)23-9-2-3-13-40(57)35-17-19-39(47)20-18-35)55(25-26-58-42-15-6-7-16-43(42)60-32-46(51,52)53)22-10-8-12-36-11-4-5-14-41(36)59-31-45(48,49)50/h4-7,11,14-20,28-29,33H,2-3,8-10,12-13,21-27,31-32H2,1H3/t33-/m1/s1. The highest BCUT2D eigenvalue weighted by Crippen LogP contribution is 2.34. The van der Waals surface area contributed by atoms with Gasteiger partial charge in [-0.1, -0.05) is 42.8 Å². The van der Waals surface area contributed by atoms with Gasteiger partial charge in [0.2, 0.25) is 0 Å². The van der Waals surface area contributed by atoms with E-state index in [4.69, 9.17) is 14.2 Å². The van der Waals surface area contributed by atoms with Gasteiger partial charge < -0.3 is 19.1 Å². The van der Waals surface area contributed by atoms with Gasteiger partial charge in [0, 0.05) is 37.7 Å². The highest BCUT2D eigenvalue weighted by Gasteiger charge is 2.30. The smallest absolute Gasteiger partial charge is 0.422 e. The molecule has 0 spiro atoms. The van der Waals surface area contributed by atoms with Crippen molar-refractivity contribution in [2.75, 3.05) is 50.9 Å². The highest BCUT2D eigenvalue weighted by molar-refractivity contribution is 5.95. The van der Waals surface area contributed by atoms with Crippen molar-refractivity contribution in [1.29, 1.82) is 5.26 Å². The molecule has 60 heavy (non-hydrogen) atoms. The summed E-state index contributed by atoms with van der Waals surface area (Å²) >= 11 is 0. The van der Waals surface area contributed by atoms with Gasteiger partial charge in [0.05, 0.1) is 11.3 Å². The quantitative estimate of drug-likeness (QED) is 0.0418. The number of Topliss-reactive ketones (excluding diaryl/α,β-unsaturated/α-hetero) is 1. The fourth-order valence-corrected chi connectivity index (χ4v) is 7.45. The van der Waals surface area contributed by atoms with E-state index < -0.39 is 25.6 Å². The summed E-state index contributed by atoms with van der Waals surface area (Å²) in [4.78, 5) is 16.9. The van der Waals surface area contributed by atoms with Crippen LogP contribution in [-0.2, 0) is 19.3 Å². The largest absolute Gasteiger partial charge is 0.488 e. The molecule has 1 heterocycles. The average Bonchev–Trinajstić information content (AvgIpc) is 3.62. The van der Waals surface area contributed by atoms with E-state index in [0.717, 1.165) is 49.2 Å². The number of benzene rings is 4. The van der Waals surface area contributed by atoms with Crippen LogP contribution in [0.4, 0.5) is 36.4 Å². The predicted molar refractivity (Wildman–Crippen MR) is 215 cm³/mol. The minimum atomic E-state index is -4.51. The lowest BCUT2D eigenvalue weighted by Gasteiger charge is -2.30. The van der Waals surface area contributed by atoms with E-state index >= 15 is 0 Å². The highest BCUT2D eigenvalue weighted by atomic mass is 19.4. The first kappa shape index (κ1) is 45.8. The number of anilines is 1. The van der Waals surface area contributed by atoms with Crippen molar-refractivity contribution < 1.29 is 49.7 Å². The minimum absolute atomic E-state index is 0.0138. The zero-order chi connectivity index (χ0) is 43.1. The third-order valence-corrected chi connectivity index (χ3v) is 10.4. The van der Waals surface area contributed by atoms with Crippen LogP contribution in [0.2, 0.25) is 0 Å². The maximum atomic E-state index is 13.2. The second-order valence-electron chi connectivity index (χ2n) is 15.0. The van der Waals surface area contributed by atoms with E-state index in [-0.39, 0.29) is 41.5 Å². The van der Waals surface area contributed by atoms with Gasteiger partial charge in [-0.2, -0.15) is 31.6 Å². The first-order chi connectivity index (χ1) is 28.7. The summed E-state index contributed by atoms with van der Waals surface area (Å²) in [5.41, 5.74) is 4.80. The third kappa shape index (κ3) is 14.5. The van der Waals surface area contributed by atoms with E-state index in [1.54, 1.807) is 36.4 Å². The molecule has 0 aromatic heterocycles. The molecule has 0 aliphatic carbocycles. The first-order valence-electron chi connectivity index (χ1n) is 20.2. The Bertz CT molecular complexity index is 2030. The number of carbonyl (C=O) groups is 1. The van der Waals surface area contributed by atoms with E-state index in [2.05, 4.69) is 28.9 Å². The zero-order valence-corrected chi connectivity index (χ0v) is 33.6. The molecule has 5 rings (SSSR count). The van der Waals surface area contributed by atoms with Crippen molar-refractivity contribution in [2.24, 2.45) is 0 Å². The van der Waals surface area contributed by atoms with E-state index in [1.165, 1.54) is 36.4 Å². The third-order valence-electron chi connectivity index (χ3n) is 10.4. The molecule has 0 N–H and O–H groups in total. The van der Waals surface area contributed by atoms with Gasteiger partial charge in [-0.05, 0) is 124 Å². The molecule has 4 aromatic rings. The molecule has 0 saturated heterocycles. The lowest BCUT2D eigenvalue weighted by atomic mass is 9.98. The molecule has 1 atom stereocenters. The zero-order valence-electron chi connectivity index (χ0n) is 33.6. The monoisotopic (exact) mass is 841 g/mol. The normalized spacial score (nSPS) is 13.2. The Morgan fingerprint density at radius 2 is 1.45 bits per heavy atom. The molecule has 0 radical (unpaired) electrons. The summed E-state index contributed by atoms with van der Waals surface area (Å²) < 4.78 is 106. The molecular weight excluding hydrogens is 792 g/mol. The number of halogens is 7. The van der Waals surface area contributed by atoms with Crippen LogP contribution >= 0.6 is 0 Å². The number of ether oxygens (including phenoxy) is 3. The van der Waals surface area contributed by atoms with Gasteiger partial charge in [0.25, 0.3) is 0 Å². The Kier molecular flexibility index (Phi) is 16.6. The second kappa shape index (κ2) is 21.8. The number of aryl methyl sites for hydroxylation is 1. The summed E-state index contributed by atoms with van der Waals surface area (Å²) in [7, 11) is 0. The Balaban J connectivity index is 1.20. The molecule has 0 amide bonds. The number of nitriles is 1. The van der Waals surface area contributed by atoms with Gasteiger partial charge in [0.1, 0.15) is 24.2 Å². The number of nitrogens with zero attached hydrogens (tertiary/aromatic N) is 3. The van der Waals surface area contributed by atoms with Gasteiger partial charge in [-0.3, -0.25) is 9.69 Å². The molecular formula is C46H50F7N3O4. The summed E-state index contributed by atoms with van der Waals surface area (Å²) in [6, 6.07) is 24.8. The number of hydrogen-bond acceptors (Lipinski definition) is 7. The SMILES string of the molecule is C[C@H](Cc1cc(C#N)c2c(c1)CCN2CCCCCC(=O)c1ccc(F)cc1)N(CCCCc1ccccc1OCC(F)(F)F)CCOc1ccccc1OCC(F)(F)F. The number of para-hydroxylation sites is 3. The molecule has 7 nitrogen and oxygen atoms in total. The van der Waals surface area contributed by atoms with Crippen LogP contribution in [-0.4, -0.2) is 75.1 Å². The van der Waals surface area contributed by atoms with Gasteiger partial charge in [0.15, 0.2) is 30.5 Å². The van der Waals surface area contributed by atoms with Crippen LogP contribution in [0, 0.1) is 17.1 Å². The number of alkyl halides is 6. The van der Waals surface area contributed by atoms with Crippen LogP contribution < -0.4 is 19.1 Å². The molecule has 1 aliphatic heterocycles. The van der Waals surface area contributed by atoms with Crippen molar-refractivity contribution >= 4 is 11.5 Å². The summed E-state index contributed by atoms with van der Waals surface area (Å²) in [5.74, 6) is -0.0348. The molecule has 14 heteroatoms. The number of fused-ring (bicyclic) bond motifs is 1. The van der Waals surface area contributed by atoms with Crippen molar-refractivity contribution in [2.45, 2.75) is 83.1 Å². The number of rotatable bonds is 23. The Labute approximate surface area is 346 Å². The Morgan fingerprint density at radius 3 is 2.13 bits per heavy atom. The predicted octanol–water partition coefficient (Wildman–Crippen LogP) is 10.7. The van der Waals surface area contributed by atoms with Crippen molar-refractivity contribution in [3.8, 4) is 23.3 Å². The van der Waals surface area contributed by atoms with E-state index in [1.807, 2.05) is 6.07 Å². The number of hydrogen-bond donors (Lipinski definition) is 0. The molecule has 322 valence electrons. The maximum absolute atomic E-state index is 13.2. The van der Waals surface area contributed by atoms with Gasteiger partial charge in [-0.15, -0.1) is 0 Å². The van der Waals surface area contributed by atoms with Crippen LogP contribution in [0.3, 0.4) is 0 Å². The summed E-state index contributed by atoms with van der Waals surface area (Å²) in [6.07, 6.45) is -2.96. The fourth-order valence-electron chi connectivity index (χ4n) is 7.45. The Hall–Kier alpha value is -5.29. The van der Waals surface area contributed by atoms with Gasteiger partial charge >= 0.3 is 12.4 Å². The molecule has 0 fully saturated rings. The van der Waals surface area contributed by atoms with Crippen LogP contribution in [0.1, 0.15) is 78.1 Å². The molecule has 0 bridgehead atoms. The maximum Gasteiger partial charge on any atom is 0.422 e. The van der Waals surface area contributed by atoms with E-state index in [9.17, 15) is 40.8 Å².